The number of ether oxygens (including phenoxy) is 1. The van der Waals surface area contributed by atoms with Crippen LogP contribution in [-0.2, 0) is 19.0 Å². The van der Waals surface area contributed by atoms with Crippen molar-refractivity contribution in [3.8, 4) is 0 Å². The van der Waals surface area contributed by atoms with Crippen molar-refractivity contribution in [1.82, 2.24) is 10.6 Å². The van der Waals surface area contributed by atoms with Crippen molar-refractivity contribution in [1.29, 1.82) is 0 Å². The Kier molecular flexibility index (Phi) is 6.42. The third kappa shape index (κ3) is 8.90. The maximum atomic E-state index is 11.4. The number of carbonyl (C=O) groups excluding carboxylic acids is 1. The first-order valence-electron chi connectivity index (χ1n) is 7.14. The smallest absolute Gasteiger partial charge is 0.408 e. The molecule has 0 unspecified atom stereocenters. The van der Waals surface area contributed by atoms with Crippen LogP contribution in [0.4, 0.5) is 4.79 Å². The van der Waals surface area contributed by atoms with Crippen LogP contribution in [0, 0.1) is 0 Å². The minimum Gasteiger partial charge on any atom is -0.444 e. The molecule has 1 fully saturated rings. The van der Waals surface area contributed by atoms with Gasteiger partial charge in [0.15, 0.2) is 0 Å². The Morgan fingerprint density at radius 3 is 2.24 bits per heavy atom. The molecular weight excluding hydrogens is 296 g/mol. The molecule has 1 rings (SSSR count). The summed E-state index contributed by atoms with van der Waals surface area (Å²) < 4.78 is 32.2. The minimum atomic E-state index is -3.38. The summed E-state index contributed by atoms with van der Waals surface area (Å²) in [6.07, 6.45) is 3.41. The summed E-state index contributed by atoms with van der Waals surface area (Å²) in [5.74, 6) is 0. The molecular formula is C13H26N2O5S. The van der Waals surface area contributed by atoms with Crippen molar-refractivity contribution < 1.29 is 22.1 Å². The van der Waals surface area contributed by atoms with Gasteiger partial charge in [0.25, 0.3) is 10.1 Å². The molecule has 0 aromatic rings. The summed E-state index contributed by atoms with van der Waals surface area (Å²) in [4.78, 5) is 11.4. The molecule has 2 N–H and O–H groups in total. The highest BCUT2D eigenvalue weighted by Crippen LogP contribution is 2.22. The highest BCUT2D eigenvalue weighted by Gasteiger charge is 2.24. The molecule has 124 valence electrons. The highest BCUT2D eigenvalue weighted by atomic mass is 32.2. The standard InChI is InChI=1S/C13H26N2O5S/c1-13(2,3)19-12(16)15-9-14-10-5-7-11(8-6-10)20-21(4,17)18/h10-11,14H,5-9H2,1-4H3,(H,15,16). The quantitative estimate of drug-likeness (QED) is 0.586. The second-order valence-electron chi connectivity index (χ2n) is 6.33. The maximum absolute atomic E-state index is 11.4. The van der Waals surface area contributed by atoms with Crippen molar-refractivity contribution in [2.45, 2.75) is 64.2 Å². The van der Waals surface area contributed by atoms with E-state index in [4.69, 9.17) is 8.92 Å². The number of nitrogens with one attached hydrogen (secondary N) is 2. The molecule has 0 aromatic heterocycles. The first kappa shape index (κ1) is 18.2. The van der Waals surface area contributed by atoms with E-state index >= 15 is 0 Å². The molecule has 0 atom stereocenters. The molecule has 21 heavy (non-hydrogen) atoms. The third-order valence-corrected chi connectivity index (χ3v) is 3.63. The average molecular weight is 322 g/mol. The lowest BCUT2D eigenvalue weighted by Crippen LogP contribution is -2.43. The average Bonchev–Trinajstić information content (AvgIpc) is 2.27. The molecule has 0 aliphatic heterocycles. The first-order chi connectivity index (χ1) is 9.55. The summed E-state index contributed by atoms with van der Waals surface area (Å²) in [6, 6.07) is 0.249. The van der Waals surface area contributed by atoms with Crippen LogP contribution in [0.5, 0.6) is 0 Å². The molecule has 8 heteroatoms. The predicted molar refractivity (Wildman–Crippen MR) is 79.3 cm³/mol. The molecule has 1 saturated carbocycles. The fourth-order valence-corrected chi connectivity index (χ4v) is 2.88. The van der Waals surface area contributed by atoms with Crippen molar-refractivity contribution in [2.75, 3.05) is 12.9 Å². The second-order valence-corrected chi connectivity index (χ2v) is 7.93. The Bertz CT molecular complexity index is 436. The maximum Gasteiger partial charge on any atom is 0.408 e. The highest BCUT2D eigenvalue weighted by molar-refractivity contribution is 7.86. The molecule has 0 heterocycles. The van der Waals surface area contributed by atoms with Crippen LogP contribution in [0.15, 0.2) is 0 Å². The van der Waals surface area contributed by atoms with Crippen molar-refractivity contribution in [3.63, 3.8) is 0 Å². The van der Waals surface area contributed by atoms with E-state index in [-0.39, 0.29) is 12.1 Å². The van der Waals surface area contributed by atoms with Crippen LogP contribution in [0.1, 0.15) is 46.5 Å². The van der Waals surface area contributed by atoms with Crippen LogP contribution in [0.2, 0.25) is 0 Å². The lowest BCUT2D eigenvalue weighted by molar-refractivity contribution is 0.0518. The molecule has 1 aliphatic carbocycles. The van der Waals surface area contributed by atoms with Crippen molar-refractivity contribution >= 4 is 16.2 Å². The van der Waals surface area contributed by atoms with Gasteiger partial charge in [-0.2, -0.15) is 8.42 Å². The summed E-state index contributed by atoms with van der Waals surface area (Å²) in [5.41, 5.74) is -0.509. The van der Waals surface area contributed by atoms with Crippen LogP contribution >= 0.6 is 0 Å². The van der Waals surface area contributed by atoms with E-state index in [0.717, 1.165) is 19.1 Å². The fourth-order valence-electron chi connectivity index (χ4n) is 2.19. The van der Waals surface area contributed by atoms with E-state index < -0.39 is 21.8 Å². The number of hydrogen-bond donors (Lipinski definition) is 2. The fraction of sp³-hybridized carbons (Fsp3) is 0.923. The van der Waals surface area contributed by atoms with Gasteiger partial charge in [-0.15, -0.1) is 0 Å². The number of hydrogen-bond acceptors (Lipinski definition) is 6. The van der Waals surface area contributed by atoms with Gasteiger partial charge in [0.2, 0.25) is 0 Å². The van der Waals surface area contributed by atoms with Crippen LogP contribution in [0.3, 0.4) is 0 Å². The number of carbonyl (C=O) groups is 1. The van der Waals surface area contributed by atoms with Gasteiger partial charge in [-0.05, 0) is 46.5 Å². The van der Waals surface area contributed by atoms with Gasteiger partial charge in [0, 0.05) is 6.04 Å². The zero-order valence-electron chi connectivity index (χ0n) is 13.1. The third-order valence-electron chi connectivity index (χ3n) is 3.01. The molecule has 0 radical (unpaired) electrons. The Morgan fingerprint density at radius 1 is 1.19 bits per heavy atom. The number of amides is 1. The van der Waals surface area contributed by atoms with Gasteiger partial charge in [0.1, 0.15) is 5.60 Å². The second kappa shape index (κ2) is 7.42. The van der Waals surface area contributed by atoms with E-state index in [2.05, 4.69) is 10.6 Å². The summed E-state index contributed by atoms with van der Waals surface area (Å²) >= 11 is 0. The largest absolute Gasteiger partial charge is 0.444 e. The lowest BCUT2D eigenvalue weighted by Gasteiger charge is -2.28. The molecule has 0 bridgehead atoms. The van der Waals surface area contributed by atoms with Crippen LogP contribution in [-0.4, -0.2) is 45.2 Å². The summed E-state index contributed by atoms with van der Waals surface area (Å²) in [7, 11) is -3.38. The van der Waals surface area contributed by atoms with Gasteiger partial charge in [-0.25, -0.2) is 4.79 Å². The Morgan fingerprint density at radius 2 is 1.76 bits per heavy atom. The Labute approximate surface area is 126 Å². The lowest BCUT2D eigenvalue weighted by atomic mass is 9.93. The Hall–Kier alpha value is -0.860. The number of rotatable bonds is 5. The van der Waals surface area contributed by atoms with Gasteiger partial charge in [-0.1, -0.05) is 0 Å². The van der Waals surface area contributed by atoms with Crippen molar-refractivity contribution in [3.05, 3.63) is 0 Å². The van der Waals surface area contributed by atoms with Gasteiger partial charge >= 0.3 is 6.09 Å². The van der Waals surface area contributed by atoms with E-state index in [1.807, 2.05) is 20.8 Å². The van der Waals surface area contributed by atoms with E-state index in [9.17, 15) is 13.2 Å². The summed E-state index contributed by atoms with van der Waals surface area (Å²) in [5, 5.41) is 5.84. The molecule has 0 saturated heterocycles. The zero-order valence-corrected chi connectivity index (χ0v) is 14.0. The Balaban J connectivity index is 2.18. The first-order valence-corrected chi connectivity index (χ1v) is 8.95. The van der Waals surface area contributed by atoms with E-state index in [1.165, 1.54) is 0 Å². The molecule has 0 spiro atoms. The van der Waals surface area contributed by atoms with Gasteiger partial charge in [0.05, 0.1) is 19.0 Å². The molecule has 7 nitrogen and oxygen atoms in total. The van der Waals surface area contributed by atoms with Crippen LogP contribution < -0.4 is 10.6 Å². The van der Waals surface area contributed by atoms with Crippen molar-refractivity contribution in [2.24, 2.45) is 0 Å². The SMILES string of the molecule is CC(C)(C)OC(=O)NCNC1CCC(OS(C)(=O)=O)CC1. The zero-order chi connectivity index (χ0) is 16.1. The monoisotopic (exact) mass is 322 g/mol. The van der Waals surface area contributed by atoms with E-state index in [1.54, 1.807) is 0 Å². The van der Waals surface area contributed by atoms with Gasteiger partial charge < -0.3 is 10.1 Å². The van der Waals surface area contributed by atoms with Crippen LogP contribution in [0.25, 0.3) is 0 Å². The topological polar surface area (TPSA) is 93.7 Å². The molecule has 0 aromatic carbocycles. The minimum absolute atomic E-state index is 0.225. The summed E-state index contributed by atoms with van der Waals surface area (Å²) in [6.45, 7) is 5.76. The normalized spacial score (nSPS) is 23.6. The van der Waals surface area contributed by atoms with E-state index in [0.29, 0.717) is 19.5 Å². The predicted octanol–water partition coefficient (Wildman–Crippen LogP) is 1.35. The van der Waals surface area contributed by atoms with Gasteiger partial charge in [-0.3, -0.25) is 9.50 Å². The molecule has 1 aliphatic rings. The number of alkyl carbamates (subject to hydrolysis) is 1. The molecule has 1 amide bonds.